The minimum Gasteiger partial charge on any atom is -0.366 e. The van der Waals surface area contributed by atoms with Crippen molar-refractivity contribution in [2.45, 2.75) is 38.6 Å². The number of nitrogens with two attached hydrogens (primary N) is 1. The zero-order chi connectivity index (χ0) is 19.4. The Bertz CT molecular complexity index is 875. The van der Waals surface area contributed by atoms with Gasteiger partial charge in [0.1, 0.15) is 0 Å². The van der Waals surface area contributed by atoms with Crippen molar-refractivity contribution in [1.29, 1.82) is 0 Å². The largest absolute Gasteiger partial charge is 0.366 e. The van der Waals surface area contributed by atoms with Crippen LogP contribution in [0.5, 0.6) is 0 Å². The third-order valence-electron chi connectivity index (χ3n) is 4.85. The minimum absolute atomic E-state index is 0.271. The van der Waals surface area contributed by atoms with Crippen molar-refractivity contribution in [2.24, 2.45) is 5.73 Å². The van der Waals surface area contributed by atoms with Gasteiger partial charge < -0.3 is 16.4 Å². The van der Waals surface area contributed by atoms with Gasteiger partial charge in [-0.05, 0) is 73.6 Å². The molecule has 2 aromatic rings. The van der Waals surface area contributed by atoms with Crippen LogP contribution in [0.3, 0.4) is 0 Å². The van der Waals surface area contributed by atoms with Gasteiger partial charge in [0.15, 0.2) is 0 Å². The topological polar surface area (TPSA) is 101 Å². The van der Waals surface area contributed by atoms with Gasteiger partial charge >= 0.3 is 11.8 Å². The molecule has 3 rings (SSSR count). The molecule has 1 aliphatic rings. The van der Waals surface area contributed by atoms with Gasteiger partial charge in [0.05, 0.1) is 6.04 Å². The molecule has 140 valence electrons. The molecule has 0 saturated heterocycles. The number of hydrogen-bond acceptors (Lipinski definition) is 3. The Morgan fingerprint density at radius 2 is 1.59 bits per heavy atom. The van der Waals surface area contributed by atoms with Gasteiger partial charge in [-0.2, -0.15) is 0 Å². The molecule has 4 N–H and O–H groups in total. The Kier molecular flexibility index (Phi) is 5.54. The molecule has 0 aliphatic heterocycles. The van der Waals surface area contributed by atoms with Crippen molar-refractivity contribution < 1.29 is 14.4 Å². The fourth-order valence-electron chi connectivity index (χ4n) is 3.27. The summed E-state index contributed by atoms with van der Waals surface area (Å²) in [5.41, 5.74) is 9.62. The van der Waals surface area contributed by atoms with E-state index in [1.807, 2.05) is 13.0 Å². The van der Waals surface area contributed by atoms with E-state index in [2.05, 4.69) is 22.8 Å². The summed E-state index contributed by atoms with van der Waals surface area (Å²) in [6.45, 7) is 1.86. The van der Waals surface area contributed by atoms with Crippen LogP contribution in [0.4, 0.5) is 5.69 Å². The van der Waals surface area contributed by atoms with E-state index in [0.717, 1.165) is 18.4 Å². The van der Waals surface area contributed by atoms with Gasteiger partial charge in [0, 0.05) is 11.3 Å². The number of rotatable bonds is 4. The van der Waals surface area contributed by atoms with Crippen LogP contribution < -0.4 is 16.4 Å². The monoisotopic (exact) mass is 365 g/mol. The first kappa shape index (κ1) is 18.6. The third kappa shape index (κ3) is 4.53. The van der Waals surface area contributed by atoms with Crippen molar-refractivity contribution in [3.05, 3.63) is 64.7 Å². The van der Waals surface area contributed by atoms with Crippen LogP contribution in [-0.4, -0.2) is 17.7 Å². The second-order valence-electron chi connectivity index (χ2n) is 6.83. The first-order chi connectivity index (χ1) is 12.9. The predicted octanol–water partition coefficient (Wildman–Crippen LogP) is 2.48. The first-order valence-electron chi connectivity index (χ1n) is 9.07. The summed E-state index contributed by atoms with van der Waals surface area (Å²) in [6, 6.07) is 12.0. The van der Waals surface area contributed by atoms with Crippen LogP contribution in [0.15, 0.2) is 42.5 Å². The van der Waals surface area contributed by atoms with E-state index in [-0.39, 0.29) is 6.04 Å². The van der Waals surface area contributed by atoms with Gasteiger partial charge in [-0.15, -0.1) is 0 Å². The average molecular weight is 365 g/mol. The van der Waals surface area contributed by atoms with Crippen molar-refractivity contribution in [3.63, 3.8) is 0 Å². The first-order valence-corrected chi connectivity index (χ1v) is 9.07. The molecular formula is C21H23N3O3. The molecule has 0 aromatic heterocycles. The molecule has 0 radical (unpaired) electrons. The van der Waals surface area contributed by atoms with E-state index in [9.17, 15) is 14.4 Å². The molecule has 0 saturated carbocycles. The highest BCUT2D eigenvalue weighted by Gasteiger charge is 2.18. The molecule has 6 heteroatoms. The van der Waals surface area contributed by atoms with Crippen LogP contribution in [0.25, 0.3) is 0 Å². The summed E-state index contributed by atoms with van der Waals surface area (Å²) in [4.78, 5) is 35.4. The van der Waals surface area contributed by atoms with E-state index in [1.54, 1.807) is 0 Å². The molecule has 1 aliphatic carbocycles. The van der Waals surface area contributed by atoms with Crippen molar-refractivity contribution in [2.75, 3.05) is 5.32 Å². The lowest BCUT2D eigenvalue weighted by Gasteiger charge is -2.20. The fourth-order valence-corrected chi connectivity index (χ4v) is 3.27. The van der Waals surface area contributed by atoms with E-state index >= 15 is 0 Å². The molecule has 1 atom stereocenters. The standard InChI is InChI=1S/C21H23N3O3/c1-13(16-7-6-14-4-2-3-5-17(14)12-16)23-20(26)21(27)24-18-10-8-15(9-11-18)19(22)25/h6-13H,2-5H2,1H3,(H2,22,25)(H,23,26)(H,24,27). The quantitative estimate of drug-likeness (QED) is 0.726. The second-order valence-corrected chi connectivity index (χ2v) is 6.83. The number of benzene rings is 2. The number of aryl methyl sites for hydroxylation is 2. The highest BCUT2D eigenvalue weighted by atomic mass is 16.2. The lowest BCUT2D eigenvalue weighted by Crippen LogP contribution is -2.37. The fraction of sp³-hybridized carbons (Fsp3) is 0.286. The maximum absolute atomic E-state index is 12.2. The van der Waals surface area contributed by atoms with E-state index in [4.69, 9.17) is 5.73 Å². The van der Waals surface area contributed by atoms with Gasteiger partial charge in [-0.3, -0.25) is 14.4 Å². The number of primary amides is 1. The molecule has 3 amide bonds. The van der Waals surface area contributed by atoms with Crippen LogP contribution >= 0.6 is 0 Å². The second kappa shape index (κ2) is 8.03. The highest BCUT2D eigenvalue weighted by Crippen LogP contribution is 2.24. The van der Waals surface area contributed by atoms with Gasteiger partial charge in [0.25, 0.3) is 0 Å². The highest BCUT2D eigenvalue weighted by molar-refractivity contribution is 6.39. The number of anilines is 1. The smallest absolute Gasteiger partial charge is 0.313 e. The lowest BCUT2D eigenvalue weighted by atomic mass is 9.89. The summed E-state index contributed by atoms with van der Waals surface area (Å²) in [6.07, 6.45) is 4.58. The van der Waals surface area contributed by atoms with E-state index < -0.39 is 17.7 Å². The number of amides is 3. The molecule has 0 bridgehead atoms. The Morgan fingerprint density at radius 1 is 0.926 bits per heavy atom. The SMILES string of the molecule is CC(NC(=O)C(=O)Nc1ccc(C(N)=O)cc1)c1ccc2c(c1)CCCC2. The number of carbonyl (C=O) groups is 3. The number of fused-ring (bicyclic) bond motifs is 1. The van der Waals surface area contributed by atoms with Gasteiger partial charge in [-0.1, -0.05) is 18.2 Å². The van der Waals surface area contributed by atoms with E-state index in [1.165, 1.54) is 48.2 Å². The van der Waals surface area contributed by atoms with Crippen LogP contribution in [0.2, 0.25) is 0 Å². The molecule has 2 aromatic carbocycles. The van der Waals surface area contributed by atoms with Crippen molar-refractivity contribution in [1.82, 2.24) is 5.32 Å². The normalized spacial score (nSPS) is 14.0. The molecule has 6 nitrogen and oxygen atoms in total. The maximum atomic E-state index is 12.2. The lowest BCUT2D eigenvalue weighted by molar-refractivity contribution is -0.136. The van der Waals surface area contributed by atoms with Crippen molar-refractivity contribution >= 4 is 23.4 Å². The molecule has 27 heavy (non-hydrogen) atoms. The van der Waals surface area contributed by atoms with Gasteiger partial charge in [-0.25, -0.2) is 0 Å². The molecular weight excluding hydrogens is 342 g/mol. The zero-order valence-corrected chi connectivity index (χ0v) is 15.2. The number of hydrogen-bond donors (Lipinski definition) is 3. The Balaban J connectivity index is 1.60. The summed E-state index contributed by atoms with van der Waals surface area (Å²) in [7, 11) is 0. The molecule has 0 heterocycles. The summed E-state index contributed by atoms with van der Waals surface area (Å²) in [5, 5.41) is 5.24. The molecule has 0 fully saturated rings. The summed E-state index contributed by atoms with van der Waals surface area (Å²) < 4.78 is 0. The Hall–Kier alpha value is -3.15. The Labute approximate surface area is 158 Å². The minimum atomic E-state index is -0.758. The Morgan fingerprint density at radius 3 is 2.26 bits per heavy atom. The number of carbonyl (C=O) groups excluding carboxylic acids is 3. The zero-order valence-electron chi connectivity index (χ0n) is 15.2. The molecule has 0 spiro atoms. The van der Waals surface area contributed by atoms with Gasteiger partial charge in [0.2, 0.25) is 5.91 Å². The van der Waals surface area contributed by atoms with E-state index in [0.29, 0.717) is 11.3 Å². The third-order valence-corrected chi connectivity index (χ3v) is 4.85. The summed E-state index contributed by atoms with van der Waals surface area (Å²) >= 11 is 0. The average Bonchev–Trinajstić information content (AvgIpc) is 2.67. The van der Waals surface area contributed by atoms with Crippen LogP contribution in [0.1, 0.15) is 52.9 Å². The van der Waals surface area contributed by atoms with Crippen molar-refractivity contribution in [3.8, 4) is 0 Å². The van der Waals surface area contributed by atoms with Crippen LogP contribution in [0, 0.1) is 0 Å². The predicted molar refractivity (Wildman–Crippen MR) is 103 cm³/mol. The summed E-state index contributed by atoms with van der Waals surface area (Å²) in [5.74, 6) is -2.02. The maximum Gasteiger partial charge on any atom is 0.313 e. The van der Waals surface area contributed by atoms with Crippen LogP contribution in [-0.2, 0) is 22.4 Å². The molecule has 1 unspecified atom stereocenters. The number of nitrogens with one attached hydrogen (secondary N) is 2.